The number of halogens is 2. The molecule has 1 aliphatic rings. The minimum Gasteiger partial charge on any atom is -0.377 e. The van der Waals surface area contributed by atoms with Crippen molar-refractivity contribution in [2.45, 2.75) is 25.8 Å². The highest BCUT2D eigenvalue weighted by atomic mass is 35.5. The highest BCUT2D eigenvalue weighted by Crippen LogP contribution is 2.37. The molecule has 1 aliphatic carbocycles. The number of nitrogens with one attached hydrogen (secondary N) is 1. The van der Waals surface area contributed by atoms with Gasteiger partial charge in [0.05, 0.1) is 16.8 Å². The molecule has 19 heavy (non-hydrogen) atoms. The van der Waals surface area contributed by atoms with Gasteiger partial charge in [-0.15, -0.1) is 0 Å². The first kappa shape index (κ1) is 12.8. The van der Waals surface area contributed by atoms with Crippen molar-refractivity contribution < 1.29 is 0 Å². The summed E-state index contributed by atoms with van der Waals surface area (Å²) in [5.74, 6) is 0. The first-order valence-corrected chi connectivity index (χ1v) is 7.21. The van der Waals surface area contributed by atoms with E-state index in [1.165, 1.54) is 16.7 Å². The maximum absolute atomic E-state index is 6.28. The summed E-state index contributed by atoms with van der Waals surface area (Å²) in [5, 5.41) is 5.17. The molecule has 2 aromatic carbocycles. The third-order valence-electron chi connectivity index (χ3n) is 3.72. The van der Waals surface area contributed by atoms with Gasteiger partial charge in [0, 0.05) is 5.02 Å². The van der Waals surface area contributed by atoms with Crippen LogP contribution in [-0.2, 0) is 6.42 Å². The van der Waals surface area contributed by atoms with Crippen LogP contribution in [0.5, 0.6) is 0 Å². The van der Waals surface area contributed by atoms with Crippen LogP contribution in [0.15, 0.2) is 36.4 Å². The SMILES string of the molecule is Cc1cccc(Cl)c1NC1CCc2cc(Cl)ccc21. The molecule has 0 saturated carbocycles. The fourth-order valence-corrected chi connectivity index (χ4v) is 3.20. The van der Waals surface area contributed by atoms with Crippen molar-refractivity contribution >= 4 is 28.9 Å². The molecular formula is C16H15Cl2N. The number of benzene rings is 2. The van der Waals surface area contributed by atoms with Gasteiger partial charge < -0.3 is 5.32 Å². The van der Waals surface area contributed by atoms with Gasteiger partial charge in [-0.1, -0.05) is 41.4 Å². The molecule has 1 nitrogen and oxygen atoms in total. The summed E-state index contributed by atoms with van der Waals surface area (Å²) in [6.07, 6.45) is 2.15. The summed E-state index contributed by atoms with van der Waals surface area (Å²) in [5.41, 5.74) is 4.89. The smallest absolute Gasteiger partial charge is 0.0640 e. The quantitative estimate of drug-likeness (QED) is 0.781. The normalized spacial score (nSPS) is 17.3. The molecule has 3 rings (SSSR count). The average molecular weight is 292 g/mol. The summed E-state index contributed by atoms with van der Waals surface area (Å²) in [6.45, 7) is 2.08. The van der Waals surface area contributed by atoms with Gasteiger partial charge in [-0.25, -0.2) is 0 Å². The molecule has 0 saturated heterocycles. The Balaban J connectivity index is 1.91. The number of aryl methyl sites for hydroxylation is 2. The van der Waals surface area contributed by atoms with Crippen molar-refractivity contribution in [1.29, 1.82) is 0 Å². The second-order valence-corrected chi connectivity index (χ2v) is 5.85. The summed E-state index contributed by atoms with van der Waals surface area (Å²) >= 11 is 12.3. The van der Waals surface area contributed by atoms with Gasteiger partial charge >= 0.3 is 0 Å². The molecule has 0 heterocycles. The monoisotopic (exact) mass is 291 g/mol. The van der Waals surface area contributed by atoms with Crippen molar-refractivity contribution in [1.82, 2.24) is 0 Å². The average Bonchev–Trinajstić information content (AvgIpc) is 2.76. The Morgan fingerprint density at radius 2 is 2.00 bits per heavy atom. The highest BCUT2D eigenvalue weighted by Gasteiger charge is 2.23. The molecule has 0 bridgehead atoms. The molecule has 98 valence electrons. The van der Waals surface area contributed by atoms with Crippen molar-refractivity contribution in [3.63, 3.8) is 0 Å². The number of fused-ring (bicyclic) bond motifs is 1. The first-order valence-electron chi connectivity index (χ1n) is 6.45. The zero-order valence-electron chi connectivity index (χ0n) is 10.7. The first-order chi connectivity index (χ1) is 9.15. The van der Waals surface area contributed by atoms with Crippen molar-refractivity contribution in [2.24, 2.45) is 0 Å². The number of hydrogen-bond acceptors (Lipinski definition) is 1. The van der Waals surface area contributed by atoms with Crippen LogP contribution < -0.4 is 5.32 Å². The van der Waals surface area contributed by atoms with E-state index in [9.17, 15) is 0 Å². The van der Waals surface area contributed by atoms with Gasteiger partial charge in [0.1, 0.15) is 0 Å². The van der Waals surface area contributed by atoms with E-state index in [0.717, 1.165) is 28.6 Å². The van der Waals surface area contributed by atoms with E-state index in [1.54, 1.807) is 0 Å². The Labute approximate surface area is 123 Å². The van der Waals surface area contributed by atoms with Crippen molar-refractivity contribution in [3.8, 4) is 0 Å². The molecule has 2 aromatic rings. The van der Waals surface area contributed by atoms with Crippen LogP contribution in [0, 0.1) is 6.92 Å². The van der Waals surface area contributed by atoms with E-state index in [4.69, 9.17) is 23.2 Å². The molecule has 0 spiro atoms. The van der Waals surface area contributed by atoms with E-state index in [-0.39, 0.29) is 0 Å². The predicted molar refractivity (Wildman–Crippen MR) is 82.3 cm³/mol. The van der Waals surface area contributed by atoms with Crippen LogP contribution >= 0.6 is 23.2 Å². The lowest BCUT2D eigenvalue weighted by atomic mass is 10.1. The number of hydrogen-bond donors (Lipinski definition) is 1. The van der Waals surface area contributed by atoms with Gasteiger partial charge in [0.2, 0.25) is 0 Å². The lowest BCUT2D eigenvalue weighted by molar-refractivity contribution is 0.761. The van der Waals surface area contributed by atoms with Gasteiger partial charge in [-0.2, -0.15) is 0 Å². The van der Waals surface area contributed by atoms with Crippen molar-refractivity contribution in [2.75, 3.05) is 5.32 Å². The summed E-state index contributed by atoms with van der Waals surface area (Å²) in [4.78, 5) is 0. The molecule has 0 aliphatic heterocycles. The Hall–Kier alpha value is -1.18. The molecule has 0 fully saturated rings. The Morgan fingerprint density at radius 1 is 1.16 bits per heavy atom. The van der Waals surface area contributed by atoms with E-state index < -0.39 is 0 Å². The predicted octanol–water partition coefficient (Wildman–Crippen LogP) is 5.40. The summed E-state index contributed by atoms with van der Waals surface area (Å²) < 4.78 is 0. The third-order valence-corrected chi connectivity index (χ3v) is 4.27. The Morgan fingerprint density at radius 3 is 2.79 bits per heavy atom. The molecule has 0 amide bonds. The molecule has 0 aromatic heterocycles. The number of rotatable bonds is 2. The molecule has 1 atom stereocenters. The molecular weight excluding hydrogens is 277 g/mol. The van der Waals surface area contributed by atoms with Gasteiger partial charge in [0.15, 0.2) is 0 Å². The van der Waals surface area contributed by atoms with E-state index >= 15 is 0 Å². The molecule has 3 heteroatoms. The third kappa shape index (κ3) is 2.45. The largest absolute Gasteiger partial charge is 0.377 e. The fourth-order valence-electron chi connectivity index (χ4n) is 2.72. The standard InChI is InChI=1S/C16H15Cl2N/c1-10-3-2-4-14(18)16(10)19-15-8-5-11-9-12(17)6-7-13(11)15/h2-4,6-7,9,15,19H,5,8H2,1H3. The number of anilines is 1. The van der Waals surface area contributed by atoms with Crippen molar-refractivity contribution in [3.05, 3.63) is 63.1 Å². The summed E-state index contributed by atoms with van der Waals surface area (Å²) in [6, 6.07) is 12.4. The van der Waals surface area contributed by atoms with Gasteiger partial charge in [-0.05, 0) is 54.7 Å². The Bertz CT molecular complexity index is 602. The second kappa shape index (κ2) is 5.07. The lowest BCUT2D eigenvalue weighted by Crippen LogP contribution is -2.08. The lowest BCUT2D eigenvalue weighted by Gasteiger charge is -2.18. The van der Waals surface area contributed by atoms with E-state index in [2.05, 4.69) is 30.4 Å². The van der Waals surface area contributed by atoms with Crippen LogP contribution in [0.1, 0.15) is 29.2 Å². The van der Waals surface area contributed by atoms with Crippen LogP contribution in [0.4, 0.5) is 5.69 Å². The molecule has 1 N–H and O–H groups in total. The highest BCUT2D eigenvalue weighted by molar-refractivity contribution is 6.33. The van der Waals surface area contributed by atoms with Crippen LogP contribution in [0.2, 0.25) is 10.0 Å². The zero-order chi connectivity index (χ0) is 13.4. The summed E-state index contributed by atoms with van der Waals surface area (Å²) in [7, 11) is 0. The van der Waals surface area contributed by atoms with Gasteiger partial charge in [-0.3, -0.25) is 0 Å². The maximum atomic E-state index is 6.28. The van der Waals surface area contributed by atoms with E-state index in [1.807, 2.05) is 18.2 Å². The Kier molecular flexibility index (Phi) is 3.42. The topological polar surface area (TPSA) is 12.0 Å². The van der Waals surface area contributed by atoms with E-state index in [0.29, 0.717) is 6.04 Å². The van der Waals surface area contributed by atoms with Gasteiger partial charge in [0.25, 0.3) is 0 Å². The zero-order valence-corrected chi connectivity index (χ0v) is 12.2. The molecule has 0 radical (unpaired) electrons. The fraction of sp³-hybridized carbons (Fsp3) is 0.250. The van der Waals surface area contributed by atoms with Crippen LogP contribution in [0.3, 0.4) is 0 Å². The second-order valence-electron chi connectivity index (χ2n) is 5.01. The number of para-hydroxylation sites is 1. The maximum Gasteiger partial charge on any atom is 0.0640 e. The minimum absolute atomic E-state index is 0.325. The minimum atomic E-state index is 0.325. The van der Waals surface area contributed by atoms with Crippen LogP contribution in [-0.4, -0.2) is 0 Å². The van der Waals surface area contributed by atoms with Crippen LogP contribution in [0.25, 0.3) is 0 Å². The molecule has 1 unspecified atom stereocenters.